The molecule has 0 amide bonds. The lowest BCUT2D eigenvalue weighted by Gasteiger charge is -1.99. The molecule has 0 aromatic heterocycles. The molecule has 0 spiro atoms. The van der Waals surface area contributed by atoms with Crippen molar-refractivity contribution in [1.29, 1.82) is 0 Å². The van der Waals surface area contributed by atoms with Crippen molar-refractivity contribution in [1.82, 2.24) is 0 Å². The summed E-state index contributed by atoms with van der Waals surface area (Å²) in [7, 11) is 0. The predicted octanol–water partition coefficient (Wildman–Crippen LogP) is 2.06. The van der Waals surface area contributed by atoms with Crippen LogP contribution in [0.1, 0.15) is 30.4 Å². The summed E-state index contributed by atoms with van der Waals surface area (Å²) < 4.78 is 0. The fraction of sp³-hybridized carbons (Fsp3) is 0.455. The number of nitrogens with two attached hydrogens (primary N) is 1. The standard InChI is InChI=1S/C11H15N/c1-2-8-3-5-9(6-4-8)10-7-11(10)12/h3-6,10-11H,2,7,12H2,1H3/t10-,11-/m1/s1. The van der Waals surface area contributed by atoms with E-state index in [1.165, 1.54) is 17.5 Å². The third-order valence-electron chi connectivity index (χ3n) is 2.66. The molecule has 0 unspecified atom stereocenters. The molecule has 2 atom stereocenters. The molecule has 0 bridgehead atoms. The van der Waals surface area contributed by atoms with Gasteiger partial charge in [0, 0.05) is 12.0 Å². The molecule has 1 fully saturated rings. The third kappa shape index (κ3) is 1.37. The van der Waals surface area contributed by atoms with Crippen LogP contribution in [0.5, 0.6) is 0 Å². The number of hydrogen-bond donors (Lipinski definition) is 1. The molecule has 1 heteroatoms. The van der Waals surface area contributed by atoms with Gasteiger partial charge in [-0.25, -0.2) is 0 Å². The molecular formula is C11H15N. The summed E-state index contributed by atoms with van der Waals surface area (Å²) in [6.07, 6.45) is 2.29. The normalized spacial score (nSPS) is 27.2. The van der Waals surface area contributed by atoms with E-state index >= 15 is 0 Å². The van der Waals surface area contributed by atoms with Crippen LogP contribution >= 0.6 is 0 Å². The Hall–Kier alpha value is -0.820. The minimum Gasteiger partial charge on any atom is -0.327 e. The van der Waals surface area contributed by atoms with E-state index in [2.05, 4.69) is 31.2 Å². The molecule has 64 valence electrons. The minimum atomic E-state index is 0.428. The zero-order valence-electron chi connectivity index (χ0n) is 7.46. The number of aryl methyl sites for hydroxylation is 1. The topological polar surface area (TPSA) is 26.0 Å². The van der Waals surface area contributed by atoms with Crippen molar-refractivity contribution in [2.75, 3.05) is 0 Å². The number of benzene rings is 1. The Bertz CT molecular complexity index is 263. The highest BCUT2D eigenvalue weighted by molar-refractivity contribution is 5.30. The first kappa shape index (κ1) is 7.81. The summed E-state index contributed by atoms with van der Waals surface area (Å²) in [5.74, 6) is 0.649. The van der Waals surface area contributed by atoms with Crippen molar-refractivity contribution in [2.45, 2.75) is 31.7 Å². The van der Waals surface area contributed by atoms with Gasteiger partial charge in [0.1, 0.15) is 0 Å². The summed E-state index contributed by atoms with van der Waals surface area (Å²) in [6.45, 7) is 2.18. The van der Waals surface area contributed by atoms with E-state index in [4.69, 9.17) is 5.73 Å². The zero-order valence-corrected chi connectivity index (χ0v) is 7.46. The number of rotatable bonds is 2. The van der Waals surface area contributed by atoms with Crippen molar-refractivity contribution in [3.8, 4) is 0 Å². The Morgan fingerprint density at radius 1 is 1.33 bits per heavy atom. The van der Waals surface area contributed by atoms with Gasteiger partial charge in [0.2, 0.25) is 0 Å². The van der Waals surface area contributed by atoms with Gasteiger partial charge in [0.05, 0.1) is 0 Å². The summed E-state index contributed by atoms with van der Waals surface area (Å²) >= 11 is 0. The van der Waals surface area contributed by atoms with Crippen molar-refractivity contribution < 1.29 is 0 Å². The van der Waals surface area contributed by atoms with E-state index in [0.29, 0.717) is 12.0 Å². The van der Waals surface area contributed by atoms with Gasteiger partial charge in [-0.3, -0.25) is 0 Å². The van der Waals surface area contributed by atoms with Gasteiger partial charge in [0.15, 0.2) is 0 Å². The molecule has 1 aromatic carbocycles. The van der Waals surface area contributed by atoms with E-state index in [-0.39, 0.29) is 0 Å². The molecule has 0 radical (unpaired) electrons. The number of hydrogen-bond acceptors (Lipinski definition) is 1. The first-order valence-corrected chi connectivity index (χ1v) is 4.65. The average molecular weight is 161 g/mol. The Morgan fingerprint density at radius 2 is 1.92 bits per heavy atom. The Morgan fingerprint density at radius 3 is 2.33 bits per heavy atom. The van der Waals surface area contributed by atoms with E-state index in [1.807, 2.05) is 0 Å². The molecule has 0 heterocycles. The smallest absolute Gasteiger partial charge is 0.0115 e. The van der Waals surface area contributed by atoms with Gasteiger partial charge >= 0.3 is 0 Å². The highest BCUT2D eigenvalue weighted by Gasteiger charge is 2.34. The summed E-state index contributed by atoms with van der Waals surface area (Å²) in [6, 6.07) is 9.28. The van der Waals surface area contributed by atoms with Crippen LogP contribution in [0.2, 0.25) is 0 Å². The average Bonchev–Trinajstić information content (AvgIpc) is 2.83. The SMILES string of the molecule is CCc1ccc([C@H]2C[C@H]2N)cc1. The molecule has 1 nitrogen and oxygen atoms in total. The molecular weight excluding hydrogens is 146 g/mol. The van der Waals surface area contributed by atoms with Gasteiger partial charge in [-0.05, 0) is 24.0 Å². The van der Waals surface area contributed by atoms with Gasteiger partial charge in [0.25, 0.3) is 0 Å². The monoisotopic (exact) mass is 161 g/mol. The van der Waals surface area contributed by atoms with Gasteiger partial charge < -0.3 is 5.73 Å². The minimum absolute atomic E-state index is 0.428. The molecule has 12 heavy (non-hydrogen) atoms. The second-order valence-electron chi connectivity index (χ2n) is 3.60. The Balaban J connectivity index is 2.14. The second-order valence-corrected chi connectivity index (χ2v) is 3.60. The van der Waals surface area contributed by atoms with Gasteiger partial charge in [-0.2, -0.15) is 0 Å². The fourth-order valence-corrected chi connectivity index (χ4v) is 1.60. The Labute approximate surface area is 73.6 Å². The molecule has 0 aliphatic heterocycles. The summed E-state index contributed by atoms with van der Waals surface area (Å²) in [5.41, 5.74) is 8.60. The fourth-order valence-electron chi connectivity index (χ4n) is 1.60. The molecule has 2 N–H and O–H groups in total. The maximum absolute atomic E-state index is 5.77. The van der Waals surface area contributed by atoms with Gasteiger partial charge in [-0.1, -0.05) is 31.2 Å². The van der Waals surface area contributed by atoms with E-state index < -0.39 is 0 Å². The lowest BCUT2D eigenvalue weighted by molar-refractivity contribution is 0.987. The van der Waals surface area contributed by atoms with Crippen LogP contribution in [-0.4, -0.2) is 6.04 Å². The van der Waals surface area contributed by atoms with Crippen molar-refractivity contribution >= 4 is 0 Å². The molecule has 0 saturated heterocycles. The largest absolute Gasteiger partial charge is 0.327 e. The van der Waals surface area contributed by atoms with Crippen LogP contribution in [0.4, 0.5) is 0 Å². The molecule has 1 aliphatic rings. The predicted molar refractivity (Wildman–Crippen MR) is 51.2 cm³/mol. The van der Waals surface area contributed by atoms with E-state index in [9.17, 15) is 0 Å². The first-order valence-electron chi connectivity index (χ1n) is 4.65. The van der Waals surface area contributed by atoms with Crippen molar-refractivity contribution in [3.63, 3.8) is 0 Å². The van der Waals surface area contributed by atoms with Crippen LogP contribution in [0.3, 0.4) is 0 Å². The van der Waals surface area contributed by atoms with E-state index in [1.54, 1.807) is 0 Å². The Kier molecular flexibility index (Phi) is 1.89. The zero-order chi connectivity index (χ0) is 8.55. The molecule has 1 aliphatic carbocycles. The first-order chi connectivity index (χ1) is 5.81. The van der Waals surface area contributed by atoms with Gasteiger partial charge in [-0.15, -0.1) is 0 Å². The lowest BCUT2D eigenvalue weighted by Crippen LogP contribution is -2.00. The quantitative estimate of drug-likeness (QED) is 0.706. The second kappa shape index (κ2) is 2.91. The highest BCUT2D eigenvalue weighted by atomic mass is 14.7. The van der Waals surface area contributed by atoms with Crippen molar-refractivity contribution in [2.24, 2.45) is 5.73 Å². The van der Waals surface area contributed by atoms with Crippen LogP contribution < -0.4 is 5.73 Å². The van der Waals surface area contributed by atoms with Crippen molar-refractivity contribution in [3.05, 3.63) is 35.4 Å². The summed E-state index contributed by atoms with van der Waals surface area (Å²) in [5, 5.41) is 0. The van der Waals surface area contributed by atoms with Crippen LogP contribution in [0.15, 0.2) is 24.3 Å². The van der Waals surface area contributed by atoms with E-state index in [0.717, 1.165) is 6.42 Å². The van der Waals surface area contributed by atoms with Crippen LogP contribution in [0.25, 0.3) is 0 Å². The highest BCUT2D eigenvalue weighted by Crippen LogP contribution is 2.38. The lowest BCUT2D eigenvalue weighted by atomic mass is 10.1. The van der Waals surface area contributed by atoms with Crippen LogP contribution in [0, 0.1) is 0 Å². The van der Waals surface area contributed by atoms with Crippen LogP contribution in [-0.2, 0) is 6.42 Å². The maximum Gasteiger partial charge on any atom is 0.0115 e. The maximum atomic E-state index is 5.77. The molecule has 2 rings (SSSR count). The molecule has 1 saturated carbocycles. The molecule has 1 aromatic rings. The summed E-state index contributed by atoms with van der Waals surface area (Å²) in [4.78, 5) is 0. The third-order valence-corrected chi connectivity index (χ3v) is 2.66.